The molecule has 13 heavy (non-hydrogen) atoms. The molecule has 0 aromatic rings. The van der Waals surface area contributed by atoms with E-state index in [1.54, 1.807) is 0 Å². The second-order valence-electron chi connectivity index (χ2n) is 2.99. The number of carboxylic acids is 1. The summed E-state index contributed by atoms with van der Waals surface area (Å²) in [4.78, 5) is 10.3. The maximum atomic E-state index is 10.3. The Morgan fingerprint density at radius 2 is 1.92 bits per heavy atom. The number of aliphatic hydroxyl groups excluding tert-OH is 1. The van der Waals surface area contributed by atoms with Crippen molar-refractivity contribution in [3.05, 3.63) is 0 Å². The summed E-state index contributed by atoms with van der Waals surface area (Å²) < 4.78 is 5.02. The molecule has 1 atom stereocenters. The minimum absolute atomic E-state index is 0.229. The topological polar surface area (TPSA) is 66.8 Å². The van der Waals surface area contributed by atoms with E-state index < -0.39 is 12.1 Å². The van der Waals surface area contributed by atoms with Gasteiger partial charge in [0.05, 0.1) is 0 Å². The molecule has 78 valence electrons. The van der Waals surface area contributed by atoms with Crippen molar-refractivity contribution in [2.45, 2.75) is 38.7 Å². The van der Waals surface area contributed by atoms with Crippen LogP contribution in [0.2, 0.25) is 0 Å². The number of ether oxygens (including phenoxy) is 1. The molecule has 0 aromatic carbocycles. The van der Waals surface area contributed by atoms with E-state index in [1.165, 1.54) is 6.92 Å². The molecule has 0 fully saturated rings. The predicted molar refractivity (Wildman–Crippen MR) is 48.6 cm³/mol. The Balaban J connectivity index is 3.11. The molecule has 0 heterocycles. The lowest BCUT2D eigenvalue weighted by atomic mass is 10.2. The van der Waals surface area contributed by atoms with Gasteiger partial charge in [-0.1, -0.05) is 12.8 Å². The molecule has 0 aromatic heterocycles. The molecule has 4 nitrogen and oxygen atoms in total. The zero-order chi connectivity index (χ0) is 10.1. The third-order valence-corrected chi connectivity index (χ3v) is 1.77. The summed E-state index contributed by atoms with van der Waals surface area (Å²) in [7, 11) is 0. The standard InChI is InChI=1S/C9H18O4/c1-8(9(11)12)13-7-5-3-2-4-6-10/h8,10H,2-7H2,1H3,(H,11,12). The van der Waals surface area contributed by atoms with Crippen LogP contribution in [-0.4, -0.2) is 35.5 Å². The summed E-state index contributed by atoms with van der Waals surface area (Å²) >= 11 is 0. The molecule has 2 N–H and O–H groups in total. The first-order valence-electron chi connectivity index (χ1n) is 4.63. The molecule has 0 aliphatic heterocycles. The molecule has 0 rings (SSSR count). The summed E-state index contributed by atoms with van der Waals surface area (Å²) in [5.41, 5.74) is 0. The van der Waals surface area contributed by atoms with E-state index in [0.717, 1.165) is 25.7 Å². The van der Waals surface area contributed by atoms with E-state index in [0.29, 0.717) is 6.61 Å². The summed E-state index contributed by atoms with van der Waals surface area (Å²) in [6, 6.07) is 0. The molecule has 0 spiro atoms. The van der Waals surface area contributed by atoms with Crippen LogP contribution >= 0.6 is 0 Å². The smallest absolute Gasteiger partial charge is 0.332 e. The summed E-state index contributed by atoms with van der Waals surface area (Å²) in [6.45, 7) is 2.24. The van der Waals surface area contributed by atoms with Crippen molar-refractivity contribution < 1.29 is 19.7 Å². The van der Waals surface area contributed by atoms with Gasteiger partial charge in [0.2, 0.25) is 0 Å². The molecule has 0 aliphatic carbocycles. The van der Waals surface area contributed by atoms with Gasteiger partial charge in [-0.25, -0.2) is 4.79 Å². The molecule has 0 bridgehead atoms. The number of hydrogen-bond donors (Lipinski definition) is 2. The first kappa shape index (κ1) is 12.4. The van der Waals surface area contributed by atoms with Crippen LogP contribution in [0.15, 0.2) is 0 Å². The third kappa shape index (κ3) is 7.74. The van der Waals surface area contributed by atoms with Gasteiger partial charge in [-0.05, 0) is 19.8 Å². The van der Waals surface area contributed by atoms with E-state index in [9.17, 15) is 4.79 Å². The van der Waals surface area contributed by atoms with Crippen LogP contribution in [0.3, 0.4) is 0 Å². The minimum atomic E-state index is -0.921. The van der Waals surface area contributed by atoms with Gasteiger partial charge >= 0.3 is 5.97 Å². The number of rotatable bonds is 8. The highest BCUT2D eigenvalue weighted by atomic mass is 16.5. The highest BCUT2D eigenvalue weighted by molar-refractivity contribution is 5.71. The highest BCUT2D eigenvalue weighted by Gasteiger charge is 2.09. The van der Waals surface area contributed by atoms with Gasteiger partial charge in [-0.15, -0.1) is 0 Å². The number of unbranched alkanes of at least 4 members (excludes halogenated alkanes) is 3. The molecule has 0 aliphatic rings. The van der Waals surface area contributed by atoms with Gasteiger partial charge in [0.25, 0.3) is 0 Å². The first-order valence-corrected chi connectivity index (χ1v) is 4.63. The highest BCUT2D eigenvalue weighted by Crippen LogP contribution is 2.00. The van der Waals surface area contributed by atoms with Gasteiger partial charge in [0.1, 0.15) is 0 Å². The second-order valence-corrected chi connectivity index (χ2v) is 2.99. The summed E-state index contributed by atoms with van der Waals surface area (Å²) in [5, 5.41) is 16.9. The number of aliphatic carboxylic acids is 1. The lowest BCUT2D eigenvalue weighted by Crippen LogP contribution is -2.20. The number of carbonyl (C=O) groups is 1. The molecule has 0 amide bonds. The van der Waals surface area contributed by atoms with E-state index in [1.807, 2.05) is 0 Å². The van der Waals surface area contributed by atoms with Crippen LogP contribution in [0.25, 0.3) is 0 Å². The van der Waals surface area contributed by atoms with Crippen molar-refractivity contribution in [2.75, 3.05) is 13.2 Å². The SMILES string of the molecule is CC(OCCCCCCO)C(=O)O. The van der Waals surface area contributed by atoms with Crippen molar-refractivity contribution in [2.24, 2.45) is 0 Å². The van der Waals surface area contributed by atoms with E-state index >= 15 is 0 Å². The zero-order valence-electron chi connectivity index (χ0n) is 8.03. The van der Waals surface area contributed by atoms with Crippen molar-refractivity contribution >= 4 is 5.97 Å². The van der Waals surface area contributed by atoms with Crippen LogP contribution in [0.5, 0.6) is 0 Å². The average molecular weight is 190 g/mol. The van der Waals surface area contributed by atoms with Gasteiger partial charge in [0.15, 0.2) is 6.10 Å². The lowest BCUT2D eigenvalue weighted by molar-refractivity contribution is -0.149. The second kappa shape index (κ2) is 8.01. The zero-order valence-corrected chi connectivity index (χ0v) is 8.03. The van der Waals surface area contributed by atoms with Crippen molar-refractivity contribution in [3.8, 4) is 0 Å². The van der Waals surface area contributed by atoms with Crippen molar-refractivity contribution in [1.29, 1.82) is 0 Å². The summed E-state index contributed by atoms with van der Waals surface area (Å²) in [5.74, 6) is -0.921. The number of carboxylic acid groups (broad SMARTS) is 1. The number of hydrogen-bond acceptors (Lipinski definition) is 3. The van der Waals surface area contributed by atoms with E-state index in [4.69, 9.17) is 14.9 Å². The van der Waals surface area contributed by atoms with Crippen LogP contribution in [0.1, 0.15) is 32.6 Å². The first-order chi connectivity index (χ1) is 6.18. The predicted octanol–water partition coefficient (Wildman–Crippen LogP) is 1.03. The normalized spacial score (nSPS) is 12.8. The van der Waals surface area contributed by atoms with Gasteiger partial charge in [0, 0.05) is 13.2 Å². The van der Waals surface area contributed by atoms with Crippen LogP contribution in [-0.2, 0) is 9.53 Å². The Hall–Kier alpha value is -0.610. The lowest BCUT2D eigenvalue weighted by Gasteiger charge is -2.07. The molecule has 1 unspecified atom stereocenters. The average Bonchev–Trinajstić information content (AvgIpc) is 2.10. The fourth-order valence-corrected chi connectivity index (χ4v) is 0.899. The van der Waals surface area contributed by atoms with Gasteiger partial charge < -0.3 is 14.9 Å². The maximum absolute atomic E-state index is 10.3. The molecular formula is C9H18O4. The Morgan fingerprint density at radius 3 is 2.46 bits per heavy atom. The van der Waals surface area contributed by atoms with Crippen LogP contribution < -0.4 is 0 Å². The third-order valence-electron chi connectivity index (χ3n) is 1.77. The summed E-state index contributed by atoms with van der Waals surface area (Å²) in [6.07, 6.45) is 2.91. The number of aliphatic hydroxyl groups is 1. The largest absolute Gasteiger partial charge is 0.479 e. The molecule has 4 heteroatoms. The van der Waals surface area contributed by atoms with Crippen molar-refractivity contribution in [3.63, 3.8) is 0 Å². The van der Waals surface area contributed by atoms with E-state index in [-0.39, 0.29) is 6.61 Å². The maximum Gasteiger partial charge on any atom is 0.332 e. The molecule has 0 radical (unpaired) electrons. The van der Waals surface area contributed by atoms with Crippen LogP contribution in [0.4, 0.5) is 0 Å². The molecule has 0 saturated carbocycles. The minimum Gasteiger partial charge on any atom is -0.479 e. The van der Waals surface area contributed by atoms with E-state index in [2.05, 4.69) is 0 Å². The Kier molecular flexibility index (Phi) is 7.63. The fourth-order valence-electron chi connectivity index (χ4n) is 0.899. The fraction of sp³-hybridized carbons (Fsp3) is 0.889. The molecular weight excluding hydrogens is 172 g/mol. The molecule has 0 saturated heterocycles. The van der Waals surface area contributed by atoms with Gasteiger partial charge in [-0.3, -0.25) is 0 Å². The van der Waals surface area contributed by atoms with Crippen LogP contribution in [0, 0.1) is 0 Å². The van der Waals surface area contributed by atoms with Gasteiger partial charge in [-0.2, -0.15) is 0 Å². The quantitative estimate of drug-likeness (QED) is 0.561. The monoisotopic (exact) mass is 190 g/mol. The Labute approximate surface area is 78.5 Å². The van der Waals surface area contributed by atoms with Crippen molar-refractivity contribution in [1.82, 2.24) is 0 Å². The Bertz CT molecular complexity index is 136. The Morgan fingerprint density at radius 1 is 1.31 bits per heavy atom.